The van der Waals surface area contributed by atoms with Crippen molar-refractivity contribution < 1.29 is 9.53 Å². The van der Waals surface area contributed by atoms with Gasteiger partial charge in [0.2, 0.25) is 0 Å². The van der Waals surface area contributed by atoms with E-state index in [-0.39, 0.29) is 5.97 Å². The molecule has 0 fully saturated rings. The molecule has 0 saturated carbocycles. The van der Waals surface area contributed by atoms with E-state index in [9.17, 15) is 4.79 Å². The van der Waals surface area contributed by atoms with Crippen LogP contribution in [-0.4, -0.2) is 13.1 Å². The highest BCUT2D eigenvalue weighted by atomic mass is 16.5. The molecular weight excluding hydrogens is 368 g/mol. The zero-order valence-electron chi connectivity index (χ0n) is 21.0. The second-order valence-electron chi connectivity index (χ2n) is 9.12. The van der Waals surface area contributed by atoms with Crippen LogP contribution in [0.5, 0.6) is 0 Å². The Morgan fingerprint density at radius 1 is 0.567 bits per heavy atom. The third-order valence-corrected chi connectivity index (χ3v) is 6.20. The predicted molar refractivity (Wildman–Crippen MR) is 133 cm³/mol. The predicted octanol–water partition coefficient (Wildman–Crippen LogP) is 9.71. The highest BCUT2D eigenvalue weighted by Crippen LogP contribution is 2.17. The van der Waals surface area contributed by atoms with Gasteiger partial charge < -0.3 is 4.74 Å². The molecule has 0 rings (SSSR count). The van der Waals surface area contributed by atoms with E-state index in [0.29, 0.717) is 0 Å². The van der Waals surface area contributed by atoms with Gasteiger partial charge in [-0.15, -0.1) is 0 Å². The smallest absolute Gasteiger partial charge is 0.333 e. The summed E-state index contributed by atoms with van der Waals surface area (Å²) in [5.41, 5.74) is 0.910. The Hall–Kier alpha value is -0.790. The summed E-state index contributed by atoms with van der Waals surface area (Å²) in [6.07, 6.45) is 31.0. The molecule has 0 aromatic carbocycles. The van der Waals surface area contributed by atoms with Crippen molar-refractivity contribution in [1.82, 2.24) is 0 Å². The van der Waals surface area contributed by atoms with Crippen molar-refractivity contribution in [3.8, 4) is 0 Å². The lowest BCUT2D eigenvalue weighted by atomic mass is 10.0. The Balaban J connectivity index is 3.70. The summed E-state index contributed by atoms with van der Waals surface area (Å²) < 4.78 is 5.00. The Labute approximate surface area is 189 Å². The molecule has 0 bridgehead atoms. The summed E-state index contributed by atoms with van der Waals surface area (Å²) in [6, 6.07) is 0. The van der Waals surface area contributed by atoms with E-state index >= 15 is 0 Å². The summed E-state index contributed by atoms with van der Waals surface area (Å²) in [4.78, 5) is 12.0. The summed E-state index contributed by atoms with van der Waals surface area (Å²) in [7, 11) is 1.51. The van der Waals surface area contributed by atoms with Crippen LogP contribution >= 0.6 is 0 Å². The third-order valence-electron chi connectivity index (χ3n) is 6.20. The first kappa shape index (κ1) is 29.2. The van der Waals surface area contributed by atoms with E-state index in [2.05, 4.69) is 19.9 Å². The molecule has 0 saturated heterocycles. The van der Waals surface area contributed by atoms with Crippen LogP contribution < -0.4 is 0 Å². The molecule has 0 aliphatic heterocycles. The number of hydrogen-bond donors (Lipinski definition) is 0. The topological polar surface area (TPSA) is 26.3 Å². The Kier molecular flexibility index (Phi) is 23.8. The van der Waals surface area contributed by atoms with Gasteiger partial charge >= 0.3 is 5.97 Å². The highest BCUT2D eigenvalue weighted by molar-refractivity contribution is 5.88. The Morgan fingerprint density at radius 2 is 0.933 bits per heavy atom. The van der Waals surface area contributed by atoms with Crippen LogP contribution in [0, 0.1) is 0 Å². The number of ether oxygens (including phenoxy) is 1. The van der Waals surface area contributed by atoms with E-state index < -0.39 is 0 Å². The van der Waals surface area contributed by atoms with Gasteiger partial charge in [0.25, 0.3) is 0 Å². The minimum Gasteiger partial charge on any atom is -0.466 e. The fraction of sp³-hybridized carbons (Fsp3) is 0.893. The van der Waals surface area contributed by atoms with E-state index in [1.807, 2.05) is 0 Å². The number of unbranched alkanes of at least 4 members (excludes halogenated alkanes) is 19. The van der Waals surface area contributed by atoms with Crippen LogP contribution in [0.1, 0.15) is 155 Å². The van der Waals surface area contributed by atoms with Crippen molar-refractivity contribution in [2.24, 2.45) is 0 Å². The maximum atomic E-state index is 12.0. The molecule has 0 aliphatic rings. The minimum absolute atomic E-state index is 0.113. The van der Waals surface area contributed by atoms with Gasteiger partial charge in [-0.25, -0.2) is 4.79 Å². The van der Waals surface area contributed by atoms with Gasteiger partial charge in [0.05, 0.1) is 7.11 Å². The van der Waals surface area contributed by atoms with Crippen LogP contribution in [-0.2, 0) is 9.53 Å². The standard InChI is InChI=1S/C28H54O2/c1-4-6-8-10-12-14-16-18-20-22-24-26-27(28(29)30-3)25-23-21-19-17-15-13-11-9-7-5-2/h26H,4-25H2,1-3H3. The van der Waals surface area contributed by atoms with Crippen molar-refractivity contribution in [1.29, 1.82) is 0 Å². The summed E-state index contributed by atoms with van der Waals surface area (Å²) in [5, 5.41) is 0. The molecule has 0 radical (unpaired) electrons. The number of allylic oxidation sites excluding steroid dienone is 1. The van der Waals surface area contributed by atoms with Gasteiger partial charge in [-0.1, -0.05) is 135 Å². The lowest BCUT2D eigenvalue weighted by Gasteiger charge is -2.07. The number of carbonyl (C=O) groups is 1. The Bertz CT molecular complexity index is 386. The van der Waals surface area contributed by atoms with Crippen LogP contribution in [0.25, 0.3) is 0 Å². The first-order chi connectivity index (χ1) is 14.8. The molecule has 2 nitrogen and oxygen atoms in total. The van der Waals surface area contributed by atoms with Crippen molar-refractivity contribution in [3.05, 3.63) is 11.6 Å². The largest absolute Gasteiger partial charge is 0.466 e. The monoisotopic (exact) mass is 422 g/mol. The first-order valence-corrected chi connectivity index (χ1v) is 13.5. The van der Waals surface area contributed by atoms with Crippen LogP contribution in [0.4, 0.5) is 0 Å². The molecule has 0 heterocycles. The molecule has 30 heavy (non-hydrogen) atoms. The average molecular weight is 423 g/mol. The normalized spacial score (nSPS) is 11.8. The minimum atomic E-state index is -0.113. The fourth-order valence-electron chi connectivity index (χ4n) is 4.13. The van der Waals surface area contributed by atoms with E-state index in [1.165, 1.54) is 129 Å². The number of esters is 1. The SMILES string of the molecule is CCCCCCCCCCCCC=C(CCCCCCCCCCCC)C(=O)OC. The lowest BCUT2D eigenvalue weighted by molar-refractivity contribution is -0.136. The van der Waals surface area contributed by atoms with Crippen molar-refractivity contribution in [2.75, 3.05) is 7.11 Å². The second kappa shape index (κ2) is 24.5. The van der Waals surface area contributed by atoms with E-state index in [4.69, 9.17) is 4.74 Å². The first-order valence-electron chi connectivity index (χ1n) is 13.5. The van der Waals surface area contributed by atoms with Gasteiger partial charge in [0, 0.05) is 5.57 Å². The van der Waals surface area contributed by atoms with Crippen molar-refractivity contribution in [2.45, 2.75) is 155 Å². The molecule has 0 unspecified atom stereocenters. The van der Waals surface area contributed by atoms with Gasteiger partial charge in [-0.2, -0.15) is 0 Å². The van der Waals surface area contributed by atoms with Crippen LogP contribution in [0.2, 0.25) is 0 Å². The lowest BCUT2D eigenvalue weighted by Crippen LogP contribution is -2.05. The molecule has 178 valence electrons. The summed E-state index contributed by atoms with van der Waals surface area (Å²) >= 11 is 0. The molecular formula is C28H54O2. The molecule has 0 amide bonds. The molecule has 0 N–H and O–H groups in total. The number of methoxy groups -OCH3 is 1. The van der Waals surface area contributed by atoms with E-state index in [1.54, 1.807) is 0 Å². The zero-order chi connectivity index (χ0) is 22.1. The van der Waals surface area contributed by atoms with E-state index in [0.717, 1.165) is 24.8 Å². The average Bonchev–Trinajstić information content (AvgIpc) is 2.76. The molecule has 2 heteroatoms. The van der Waals surface area contributed by atoms with Crippen molar-refractivity contribution >= 4 is 5.97 Å². The summed E-state index contributed by atoms with van der Waals surface area (Å²) in [6.45, 7) is 4.55. The number of carbonyl (C=O) groups excluding carboxylic acids is 1. The summed E-state index contributed by atoms with van der Waals surface area (Å²) in [5.74, 6) is -0.113. The molecule has 0 aromatic rings. The van der Waals surface area contributed by atoms with Crippen molar-refractivity contribution in [3.63, 3.8) is 0 Å². The molecule has 0 aromatic heterocycles. The zero-order valence-corrected chi connectivity index (χ0v) is 21.0. The van der Waals surface area contributed by atoms with Gasteiger partial charge in [0.15, 0.2) is 0 Å². The quantitative estimate of drug-likeness (QED) is 0.0930. The van der Waals surface area contributed by atoms with Gasteiger partial charge in [-0.05, 0) is 25.7 Å². The van der Waals surface area contributed by atoms with Gasteiger partial charge in [0.1, 0.15) is 0 Å². The highest BCUT2D eigenvalue weighted by Gasteiger charge is 2.08. The molecule has 0 spiro atoms. The Morgan fingerprint density at radius 3 is 1.33 bits per heavy atom. The van der Waals surface area contributed by atoms with Gasteiger partial charge in [-0.3, -0.25) is 0 Å². The van der Waals surface area contributed by atoms with Crippen LogP contribution in [0.15, 0.2) is 11.6 Å². The number of hydrogen-bond acceptors (Lipinski definition) is 2. The van der Waals surface area contributed by atoms with Crippen LogP contribution in [0.3, 0.4) is 0 Å². The molecule has 0 atom stereocenters. The third kappa shape index (κ3) is 20.5. The maximum absolute atomic E-state index is 12.0. The second-order valence-corrected chi connectivity index (χ2v) is 9.12. The number of rotatable bonds is 23. The maximum Gasteiger partial charge on any atom is 0.333 e. The molecule has 0 aliphatic carbocycles. The fourth-order valence-corrected chi connectivity index (χ4v) is 4.13.